The van der Waals surface area contributed by atoms with Crippen LogP contribution in [0.1, 0.15) is 22.3 Å². The lowest BCUT2D eigenvalue weighted by Crippen LogP contribution is -2.03. The third-order valence-electron chi connectivity index (χ3n) is 3.51. The summed E-state index contributed by atoms with van der Waals surface area (Å²) in [7, 11) is 3.14. The topological polar surface area (TPSA) is 0 Å². The minimum Gasteiger partial charge on any atom is -0.166 e. The molecule has 0 saturated heterocycles. The number of halogens is 6. The SMILES string of the molecule is FC(F)(F)c1ccc(/C=C/CSSC/C=C/c2ccc(C(F)(F)F)cc2)cc1. The van der Waals surface area contributed by atoms with Crippen molar-refractivity contribution in [3.8, 4) is 0 Å². The van der Waals surface area contributed by atoms with E-state index in [1.807, 2.05) is 12.2 Å². The lowest BCUT2D eigenvalue weighted by atomic mass is 10.1. The average Bonchev–Trinajstić information content (AvgIpc) is 2.63. The quantitative estimate of drug-likeness (QED) is 0.247. The van der Waals surface area contributed by atoms with E-state index >= 15 is 0 Å². The van der Waals surface area contributed by atoms with Crippen molar-refractivity contribution in [2.24, 2.45) is 0 Å². The summed E-state index contributed by atoms with van der Waals surface area (Å²) in [5.74, 6) is 1.36. The van der Waals surface area contributed by atoms with Crippen LogP contribution < -0.4 is 0 Å². The largest absolute Gasteiger partial charge is 0.416 e. The predicted octanol–water partition coefficient (Wildman–Crippen LogP) is 7.83. The van der Waals surface area contributed by atoms with E-state index in [4.69, 9.17) is 0 Å². The van der Waals surface area contributed by atoms with Gasteiger partial charge in [0.25, 0.3) is 0 Å². The molecule has 0 bridgehead atoms. The van der Waals surface area contributed by atoms with Crippen LogP contribution in [0.4, 0.5) is 26.3 Å². The molecule has 0 amide bonds. The molecule has 0 spiro atoms. The normalized spacial score (nSPS) is 12.9. The first-order valence-corrected chi connectivity index (χ1v) is 10.6. The van der Waals surface area contributed by atoms with Crippen LogP contribution in [-0.4, -0.2) is 11.5 Å². The first kappa shape index (κ1) is 22.5. The summed E-state index contributed by atoms with van der Waals surface area (Å²) in [4.78, 5) is 0. The summed E-state index contributed by atoms with van der Waals surface area (Å²) >= 11 is 0. The second-order valence-electron chi connectivity index (χ2n) is 5.61. The molecular weight excluding hydrogens is 418 g/mol. The van der Waals surface area contributed by atoms with Gasteiger partial charge in [-0.1, -0.05) is 70.2 Å². The van der Waals surface area contributed by atoms with Gasteiger partial charge in [0.2, 0.25) is 0 Å². The molecule has 0 heterocycles. The van der Waals surface area contributed by atoms with E-state index in [0.29, 0.717) is 22.6 Å². The Hall–Kier alpha value is -1.80. The molecule has 150 valence electrons. The molecule has 0 fully saturated rings. The van der Waals surface area contributed by atoms with E-state index in [1.165, 1.54) is 24.3 Å². The number of hydrogen-bond donors (Lipinski definition) is 0. The minimum absolute atomic E-state index is 0.672. The van der Waals surface area contributed by atoms with Gasteiger partial charge in [-0.2, -0.15) is 26.3 Å². The highest BCUT2D eigenvalue weighted by Crippen LogP contribution is 2.30. The van der Waals surface area contributed by atoms with Crippen LogP contribution in [0.2, 0.25) is 0 Å². The van der Waals surface area contributed by atoms with Crippen molar-refractivity contribution < 1.29 is 26.3 Å². The number of hydrogen-bond acceptors (Lipinski definition) is 2. The van der Waals surface area contributed by atoms with E-state index in [1.54, 1.807) is 33.7 Å². The van der Waals surface area contributed by atoms with Gasteiger partial charge < -0.3 is 0 Å². The Bertz CT molecular complexity index is 718. The van der Waals surface area contributed by atoms with Crippen LogP contribution in [0.5, 0.6) is 0 Å². The van der Waals surface area contributed by atoms with Crippen LogP contribution in [0.15, 0.2) is 60.7 Å². The van der Waals surface area contributed by atoms with Crippen molar-refractivity contribution in [2.45, 2.75) is 12.4 Å². The smallest absolute Gasteiger partial charge is 0.166 e. The number of benzene rings is 2. The van der Waals surface area contributed by atoms with Gasteiger partial charge >= 0.3 is 12.4 Å². The fourth-order valence-corrected chi connectivity index (χ4v) is 3.70. The third-order valence-corrected chi connectivity index (χ3v) is 5.65. The highest BCUT2D eigenvalue weighted by molar-refractivity contribution is 8.76. The molecule has 0 atom stereocenters. The third kappa shape index (κ3) is 7.67. The molecule has 0 aliphatic rings. The molecule has 0 nitrogen and oxygen atoms in total. The van der Waals surface area contributed by atoms with E-state index in [0.717, 1.165) is 24.3 Å². The van der Waals surface area contributed by atoms with Crippen LogP contribution in [0, 0.1) is 0 Å². The van der Waals surface area contributed by atoms with Crippen molar-refractivity contribution in [3.63, 3.8) is 0 Å². The van der Waals surface area contributed by atoms with Gasteiger partial charge in [0, 0.05) is 11.5 Å². The van der Waals surface area contributed by atoms with E-state index in [-0.39, 0.29) is 0 Å². The summed E-state index contributed by atoms with van der Waals surface area (Å²) in [6.45, 7) is 0. The zero-order valence-electron chi connectivity index (χ0n) is 14.4. The molecule has 0 saturated carbocycles. The number of alkyl halides is 6. The molecule has 0 unspecified atom stereocenters. The van der Waals surface area contributed by atoms with Crippen LogP contribution in [0.3, 0.4) is 0 Å². The maximum absolute atomic E-state index is 12.5. The van der Waals surface area contributed by atoms with Gasteiger partial charge in [-0.25, -0.2) is 0 Å². The van der Waals surface area contributed by atoms with Crippen molar-refractivity contribution in [1.82, 2.24) is 0 Å². The maximum Gasteiger partial charge on any atom is 0.416 e. The van der Waals surface area contributed by atoms with Crippen LogP contribution in [0.25, 0.3) is 12.2 Å². The van der Waals surface area contributed by atoms with Crippen LogP contribution >= 0.6 is 21.6 Å². The molecule has 0 radical (unpaired) electrons. The van der Waals surface area contributed by atoms with Gasteiger partial charge in [-0.05, 0) is 35.4 Å². The van der Waals surface area contributed by atoms with Crippen molar-refractivity contribution in [2.75, 3.05) is 11.5 Å². The lowest BCUT2D eigenvalue weighted by Gasteiger charge is -2.05. The predicted molar refractivity (Wildman–Crippen MR) is 106 cm³/mol. The van der Waals surface area contributed by atoms with Crippen molar-refractivity contribution in [1.29, 1.82) is 0 Å². The molecule has 0 aliphatic heterocycles. The van der Waals surface area contributed by atoms with Gasteiger partial charge in [0.05, 0.1) is 11.1 Å². The monoisotopic (exact) mass is 434 g/mol. The van der Waals surface area contributed by atoms with Crippen molar-refractivity contribution >= 4 is 33.7 Å². The molecule has 2 aromatic carbocycles. The lowest BCUT2D eigenvalue weighted by molar-refractivity contribution is -0.138. The summed E-state index contributed by atoms with van der Waals surface area (Å²) in [5.41, 5.74) is 0.0467. The summed E-state index contributed by atoms with van der Waals surface area (Å²) in [6.07, 6.45) is -1.43. The Morgan fingerprint density at radius 3 is 1.18 bits per heavy atom. The molecule has 0 aliphatic carbocycles. The Morgan fingerprint density at radius 1 is 0.571 bits per heavy atom. The molecule has 8 heteroatoms. The molecule has 0 N–H and O–H groups in total. The Kier molecular flexibility index (Phi) is 8.12. The highest BCUT2D eigenvalue weighted by atomic mass is 33.1. The summed E-state index contributed by atoms with van der Waals surface area (Å²) in [5, 5.41) is 0. The van der Waals surface area contributed by atoms with Crippen LogP contribution in [-0.2, 0) is 12.4 Å². The van der Waals surface area contributed by atoms with Gasteiger partial charge in [0.15, 0.2) is 0 Å². The summed E-state index contributed by atoms with van der Waals surface area (Å²) in [6, 6.07) is 9.88. The Balaban J connectivity index is 1.67. The highest BCUT2D eigenvalue weighted by Gasteiger charge is 2.30. The molecule has 28 heavy (non-hydrogen) atoms. The van der Waals surface area contributed by atoms with Gasteiger partial charge in [0.1, 0.15) is 0 Å². The van der Waals surface area contributed by atoms with Gasteiger partial charge in [-0.15, -0.1) is 0 Å². The zero-order valence-corrected chi connectivity index (χ0v) is 16.1. The second-order valence-corrected chi connectivity index (χ2v) is 8.17. The van der Waals surface area contributed by atoms with Crippen molar-refractivity contribution in [3.05, 3.63) is 82.9 Å². The first-order chi connectivity index (χ1) is 13.2. The summed E-state index contributed by atoms with van der Waals surface area (Å²) < 4.78 is 74.8. The standard InChI is InChI=1S/C20H16F6S2/c21-19(22,23)17-9-5-15(6-10-17)3-1-13-27-28-14-2-4-16-7-11-18(12-8-16)20(24,25)26/h1-12H,13-14H2/b3-1+,4-2+. The van der Waals surface area contributed by atoms with Gasteiger partial charge in [-0.3, -0.25) is 0 Å². The Labute approximate surface area is 167 Å². The van der Waals surface area contributed by atoms with E-state index in [9.17, 15) is 26.3 Å². The molecule has 2 aromatic rings. The second kappa shape index (κ2) is 10.1. The molecule has 0 aromatic heterocycles. The fraction of sp³-hybridized carbons (Fsp3) is 0.200. The maximum atomic E-state index is 12.5. The van der Waals surface area contributed by atoms with E-state index in [2.05, 4.69) is 0 Å². The number of rotatable bonds is 7. The Morgan fingerprint density at radius 2 is 0.893 bits per heavy atom. The van der Waals surface area contributed by atoms with E-state index < -0.39 is 23.5 Å². The minimum atomic E-state index is -4.33. The zero-order chi connectivity index (χ0) is 20.6. The molecule has 2 rings (SSSR count). The molecular formula is C20H16F6S2. The fourth-order valence-electron chi connectivity index (χ4n) is 2.11. The average molecular weight is 434 g/mol. The first-order valence-electron chi connectivity index (χ1n) is 8.08.